The van der Waals surface area contributed by atoms with Gasteiger partial charge in [-0.25, -0.2) is 4.79 Å². The molecule has 0 saturated carbocycles. The summed E-state index contributed by atoms with van der Waals surface area (Å²) in [5.41, 5.74) is 0.957. The molecule has 1 N–H and O–H groups in total. The van der Waals surface area contributed by atoms with Crippen LogP contribution in [0.4, 0.5) is 0 Å². The van der Waals surface area contributed by atoms with Crippen LogP contribution in [0.25, 0.3) is 0 Å². The van der Waals surface area contributed by atoms with Crippen LogP contribution in [-0.4, -0.2) is 43.7 Å². The lowest BCUT2D eigenvalue weighted by atomic mass is 10.1. The Morgan fingerprint density at radius 3 is 2.43 bits per heavy atom. The Labute approximate surface area is 128 Å². The van der Waals surface area contributed by atoms with Crippen molar-refractivity contribution in [1.82, 2.24) is 10.2 Å². The Balaban J connectivity index is 2.52. The summed E-state index contributed by atoms with van der Waals surface area (Å²) in [7, 11) is 0. The quantitative estimate of drug-likeness (QED) is 0.532. The second-order valence-electron chi connectivity index (χ2n) is 4.93. The number of carbonyl (C=O) groups excluding carboxylic acids is 1. The highest BCUT2D eigenvalue weighted by Crippen LogP contribution is 2.14. The molecule has 118 valence electrons. The first kappa shape index (κ1) is 17.7. The van der Waals surface area contributed by atoms with Crippen molar-refractivity contribution < 1.29 is 9.53 Å². The molecule has 0 saturated heterocycles. The Bertz CT molecular complexity index is 391. The molecule has 1 aromatic rings. The van der Waals surface area contributed by atoms with E-state index < -0.39 is 0 Å². The minimum atomic E-state index is -0.372. The predicted octanol–water partition coefficient (Wildman–Crippen LogP) is 2.61. The van der Waals surface area contributed by atoms with Gasteiger partial charge in [0.05, 0.1) is 6.61 Å². The monoisotopic (exact) mass is 292 g/mol. The van der Waals surface area contributed by atoms with E-state index in [9.17, 15) is 4.79 Å². The largest absolute Gasteiger partial charge is 0.465 e. The molecule has 0 amide bonds. The summed E-state index contributed by atoms with van der Waals surface area (Å²) in [6, 6.07) is 9.38. The number of rotatable bonds is 10. The molecule has 0 aliphatic rings. The number of nitrogens with one attached hydrogen (secondary N) is 1. The van der Waals surface area contributed by atoms with E-state index in [-0.39, 0.29) is 12.0 Å². The van der Waals surface area contributed by atoms with E-state index in [0.717, 1.165) is 38.2 Å². The Kier molecular flexibility index (Phi) is 8.71. The smallest absolute Gasteiger partial charge is 0.327 e. The van der Waals surface area contributed by atoms with Gasteiger partial charge >= 0.3 is 5.97 Å². The highest BCUT2D eigenvalue weighted by atomic mass is 16.5. The maximum absolute atomic E-state index is 12.1. The van der Waals surface area contributed by atoms with Crippen LogP contribution < -0.4 is 5.32 Å². The fourth-order valence-corrected chi connectivity index (χ4v) is 2.30. The molecule has 1 atom stereocenters. The molecular weight excluding hydrogens is 264 g/mol. The Hall–Kier alpha value is -1.39. The van der Waals surface area contributed by atoms with Crippen molar-refractivity contribution in [2.45, 2.75) is 33.2 Å². The molecule has 0 aliphatic heterocycles. The molecule has 4 heteroatoms. The third kappa shape index (κ3) is 6.27. The summed E-state index contributed by atoms with van der Waals surface area (Å²) in [5.74, 6) is -0.202. The van der Waals surface area contributed by atoms with Crippen molar-refractivity contribution in [2.75, 3.05) is 32.8 Å². The average Bonchev–Trinajstić information content (AvgIpc) is 2.52. The van der Waals surface area contributed by atoms with E-state index in [1.165, 1.54) is 0 Å². The minimum Gasteiger partial charge on any atom is -0.465 e. The molecule has 0 aliphatic carbocycles. The predicted molar refractivity (Wildman–Crippen MR) is 86.2 cm³/mol. The second-order valence-corrected chi connectivity index (χ2v) is 4.93. The normalized spacial score (nSPS) is 12.4. The van der Waals surface area contributed by atoms with Gasteiger partial charge in [0.2, 0.25) is 0 Å². The number of carbonyl (C=O) groups is 1. The first-order valence-electron chi connectivity index (χ1n) is 7.90. The van der Waals surface area contributed by atoms with Gasteiger partial charge in [0, 0.05) is 0 Å². The van der Waals surface area contributed by atoms with Crippen molar-refractivity contribution >= 4 is 5.97 Å². The van der Waals surface area contributed by atoms with Crippen molar-refractivity contribution in [2.24, 2.45) is 0 Å². The van der Waals surface area contributed by atoms with Gasteiger partial charge in [0.15, 0.2) is 0 Å². The highest BCUT2D eigenvalue weighted by Gasteiger charge is 2.20. The van der Waals surface area contributed by atoms with Crippen molar-refractivity contribution in [3.8, 4) is 0 Å². The molecule has 0 aromatic heterocycles. The zero-order chi connectivity index (χ0) is 15.5. The van der Waals surface area contributed by atoms with E-state index >= 15 is 0 Å². The molecule has 1 rings (SSSR count). The zero-order valence-corrected chi connectivity index (χ0v) is 13.5. The summed E-state index contributed by atoms with van der Waals surface area (Å²) in [4.78, 5) is 14.5. The maximum atomic E-state index is 12.1. The lowest BCUT2D eigenvalue weighted by Gasteiger charge is -2.20. The third-order valence-corrected chi connectivity index (χ3v) is 3.55. The number of benzene rings is 1. The molecule has 1 aromatic carbocycles. The zero-order valence-electron chi connectivity index (χ0n) is 13.5. The summed E-state index contributed by atoms with van der Waals surface area (Å²) < 4.78 is 5.17. The van der Waals surface area contributed by atoms with Gasteiger partial charge in [-0.3, -0.25) is 0 Å². The van der Waals surface area contributed by atoms with E-state index in [4.69, 9.17) is 4.74 Å². The van der Waals surface area contributed by atoms with Crippen LogP contribution in [0.5, 0.6) is 0 Å². The van der Waals surface area contributed by atoms with E-state index in [1.54, 1.807) is 0 Å². The van der Waals surface area contributed by atoms with Crippen LogP contribution in [0, 0.1) is 0 Å². The minimum absolute atomic E-state index is 0.202. The van der Waals surface area contributed by atoms with Gasteiger partial charge in [0.25, 0.3) is 0 Å². The van der Waals surface area contributed by atoms with Gasteiger partial charge < -0.3 is 15.0 Å². The van der Waals surface area contributed by atoms with Crippen LogP contribution in [0.15, 0.2) is 30.3 Å². The topological polar surface area (TPSA) is 41.6 Å². The van der Waals surface area contributed by atoms with Crippen LogP contribution in [0.2, 0.25) is 0 Å². The average molecular weight is 292 g/mol. The Morgan fingerprint density at radius 2 is 1.86 bits per heavy atom. The lowest BCUT2D eigenvalue weighted by Crippen LogP contribution is -2.33. The molecule has 0 radical (unpaired) electrons. The van der Waals surface area contributed by atoms with Crippen LogP contribution >= 0.6 is 0 Å². The SMILES string of the molecule is CCOC(=O)C(NCCCN(CC)CC)c1ccccc1. The lowest BCUT2D eigenvalue weighted by molar-refractivity contribution is -0.145. The first-order chi connectivity index (χ1) is 10.2. The van der Waals surface area contributed by atoms with Crippen molar-refractivity contribution in [1.29, 1.82) is 0 Å². The van der Waals surface area contributed by atoms with Gasteiger partial charge in [-0.1, -0.05) is 44.2 Å². The summed E-state index contributed by atoms with van der Waals surface area (Å²) in [6.45, 7) is 10.6. The standard InChI is InChI=1S/C17H28N2O2/c1-4-19(5-2)14-10-13-18-16(17(20)21-6-3)15-11-8-7-9-12-15/h7-9,11-12,16,18H,4-6,10,13-14H2,1-3H3. The number of hydrogen-bond donors (Lipinski definition) is 1. The molecule has 0 fully saturated rings. The van der Waals surface area contributed by atoms with Crippen LogP contribution in [-0.2, 0) is 9.53 Å². The molecular formula is C17H28N2O2. The van der Waals surface area contributed by atoms with Gasteiger partial charge in [-0.2, -0.15) is 0 Å². The highest BCUT2D eigenvalue weighted by molar-refractivity contribution is 5.77. The van der Waals surface area contributed by atoms with Gasteiger partial charge in [-0.15, -0.1) is 0 Å². The molecule has 0 heterocycles. The number of ether oxygens (including phenoxy) is 1. The van der Waals surface area contributed by atoms with Crippen molar-refractivity contribution in [3.63, 3.8) is 0 Å². The summed E-state index contributed by atoms with van der Waals surface area (Å²) in [6.07, 6.45) is 1.02. The molecule has 4 nitrogen and oxygen atoms in total. The summed E-state index contributed by atoms with van der Waals surface area (Å²) >= 11 is 0. The van der Waals surface area contributed by atoms with E-state index in [0.29, 0.717) is 6.61 Å². The number of esters is 1. The third-order valence-electron chi connectivity index (χ3n) is 3.55. The fourth-order valence-electron chi connectivity index (χ4n) is 2.30. The maximum Gasteiger partial charge on any atom is 0.327 e. The fraction of sp³-hybridized carbons (Fsp3) is 0.588. The molecule has 1 unspecified atom stereocenters. The van der Waals surface area contributed by atoms with E-state index in [2.05, 4.69) is 24.1 Å². The molecule has 0 bridgehead atoms. The molecule has 21 heavy (non-hydrogen) atoms. The number of hydrogen-bond acceptors (Lipinski definition) is 4. The number of nitrogens with zero attached hydrogens (tertiary/aromatic N) is 1. The Morgan fingerprint density at radius 1 is 1.19 bits per heavy atom. The van der Waals surface area contributed by atoms with E-state index in [1.807, 2.05) is 37.3 Å². The van der Waals surface area contributed by atoms with Crippen molar-refractivity contribution in [3.05, 3.63) is 35.9 Å². The van der Waals surface area contributed by atoms with Crippen LogP contribution in [0.3, 0.4) is 0 Å². The second kappa shape index (κ2) is 10.4. The molecule has 0 spiro atoms. The van der Waals surface area contributed by atoms with Gasteiger partial charge in [0.1, 0.15) is 6.04 Å². The van der Waals surface area contributed by atoms with Gasteiger partial charge in [-0.05, 0) is 45.1 Å². The first-order valence-corrected chi connectivity index (χ1v) is 7.90. The summed E-state index contributed by atoms with van der Waals surface area (Å²) in [5, 5.41) is 3.32. The van der Waals surface area contributed by atoms with Crippen LogP contribution in [0.1, 0.15) is 38.8 Å².